The summed E-state index contributed by atoms with van der Waals surface area (Å²) in [6.07, 6.45) is 9.14. The average molecular weight is 152 g/mol. The smallest absolute Gasteiger partial charge is 0.0266 e. The molecule has 64 valence electrons. The maximum absolute atomic E-state index is 2.41. The molecule has 1 spiro atoms. The molecule has 2 fully saturated rings. The van der Waals surface area contributed by atoms with Gasteiger partial charge in [-0.2, -0.15) is 0 Å². The molecule has 11 heavy (non-hydrogen) atoms. The monoisotopic (exact) mass is 152 g/mol. The SMILES string of the molecule is CCC(C)CC1CC12CCC2. The molecule has 2 saturated carbocycles. The summed E-state index contributed by atoms with van der Waals surface area (Å²) in [5.74, 6) is 2.13. The minimum atomic E-state index is 0.920. The Labute approximate surface area is 70.4 Å². The van der Waals surface area contributed by atoms with Crippen LogP contribution in [0.5, 0.6) is 0 Å². The Morgan fingerprint density at radius 2 is 2.18 bits per heavy atom. The molecule has 0 heteroatoms. The molecular weight excluding hydrogens is 132 g/mol. The van der Waals surface area contributed by atoms with Crippen LogP contribution in [0.15, 0.2) is 0 Å². The summed E-state index contributed by atoms with van der Waals surface area (Å²) in [5.41, 5.74) is 0.920. The van der Waals surface area contributed by atoms with Gasteiger partial charge >= 0.3 is 0 Å². The number of hydrogen-bond acceptors (Lipinski definition) is 0. The zero-order valence-electron chi connectivity index (χ0n) is 7.90. The van der Waals surface area contributed by atoms with Gasteiger partial charge in [0.05, 0.1) is 0 Å². The van der Waals surface area contributed by atoms with Crippen LogP contribution in [0, 0.1) is 17.3 Å². The summed E-state index contributed by atoms with van der Waals surface area (Å²) in [7, 11) is 0. The second kappa shape index (κ2) is 2.50. The first-order valence-electron chi connectivity index (χ1n) is 5.27. The molecule has 0 bridgehead atoms. The van der Waals surface area contributed by atoms with Crippen molar-refractivity contribution in [2.24, 2.45) is 17.3 Å². The van der Waals surface area contributed by atoms with Crippen LogP contribution < -0.4 is 0 Å². The molecule has 0 saturated heterocycles. The van der Waals surface area contributed by atoms with Crippen molar-refractivity contribution in [3.8, 4) is 0 Å². The van der Waals surface area contributed by atoms with Crippen molar-refractivity contribution in [3.63, 3.8) is 0 Å². The molecule has 2 atom stereocenters. The zero-order valence-corrected chi connectivity index (χ0v) is 7.90. The van der Waals surface area contributed by atoms with E-state index in [1.54, 1.807) is 19.3 Å². The van der Waals surface area contributed by atoms with Crippen LogP contribution in [0.3, 0.4) is 0 Å². The van der Waals surface area contributed by atoms with Crippen molar-refractivity contribution >= 4 is 0 Å². The summed E-state index contributed by atoms with van der Waals surface area (Å²) in [5, 5.41) is 0. The predicted octanol–water partition coefficient (Wildman–Crippen LogP) is 3.61. The third-order valence-electron chi connectivity index (χ3n) is 4.09. The van der Waals surface area contributed by atoms with E-state index in [-0.39, 0.29) is 0 Å². The molecule has 0 radical (unpaired) electrons. The Kier molecular flexibility index (Phi) is 1.74. The van der Waals surface area contributed by atoms with Crippen molar-refractivity contribution in [3.05, 3.63) is 0 Å². The van der Waals surface area contributed by atoms with Gasteiger partial charge in [-0.15, -0.1) is 0 Å². The second-order valence-electron chi connectivity index (χ2n) is 4.87. The Morgan fingerprint density at radius 1 is 1.45 bits per heavy atom. The van der Waals surface area contributed by atoms with Crippen molar-refractivity contribution in [2.75, 3.05) is 0 Å². The first-order chi connectivity index (χ1) is 5.27. The predicted molar refractivity (Wildman–Crippen MR) is 48.5 cm³/mol. The minimum Gasteiger partial charge on any atom is -0.0651 e. The van der Waals surface area contributed by atoms with Crippen LogP contribution in [-0.2, 0) is 0 Å². The third-order valence-corrected chi connectivity index (χ3v) is 4.09. The highest BCUT2D eigenvalue weighted by Gasteiger charge is 2.56. The Morgan fingerprint density at radius 3 is 2.55 bits per heavy atom. The Bertz CT molecular complexity index is 144. The van der Waals surface area contributed by atoms with Gasteiger partial charge < -0.3 is 0 Å². The molecule has 2 aliphatic rings. The van der Waals surface area contributed by atoms with E-state index in [1.807, 2.05) is 0 Å². The maximum Gasteiger partial charge on any atom is -0.0266 e. The molecule has 0 aliphatic heterocycles. The molecule has 2 rings (SSSR count). The van der Waals surface area contributed by atoms with E-state index in [1.165, 1.54) is 19.3 Å². The topological polar surface area (TPSA) is 0 Å². The fourth-order valence-corrected chi connectivity index (χ4v) is 2.66. The van der Waals surface area contributed by atoms with Gasteiger partial charge in [-0.1, -0.05) is 26.7 Å². The van der Waals surface area contributed by atoms with Gasteiger partial charge in [0.25, 0.3) is 0 Å². The van der Waals surface area contributed by atoms with Gasteiger partial charge in [0.15, 0.2) is 0 Å². The molecule has 0 aromatic heterocycles. The number of hydrogen-bond donors (Lipinski definition) is 0. The second-order valence-corrected chi connectivity index (χ2v) is 4.87. The van der Waals surface area contributed by atoms with Crippen LogP contribution in [0.4, 0.5) is 0 Å². The van der Waals surface area contributed by atoms with E-state index in [2.05, 4.69) is 13.8 Å². The van der Waals surface area contributed by atoms with Crippen molar-refractivity contribution in [1.82, 2.24) is 0 Å². The minimum absolute atomic E-state index is 0.920. The van der Waals surface area contributed by atoms with Crippen molar-refractivity contribution in [2.45, 2.75) is 52.4 Å². The normalized spacial score (nSPS) is 34.9. The Balaban J connectivity index is 1.74. The summed E-state index contributed by atoms with van der Waals surface area (Å²) < 4.78 is 0. The lowest BCUT2D eigenvalue weighted by Gasteiger charge is -2.27. The van der Waals surface area contributed by atoms with E-state index in [4.69, 9.17) is 0 Å². The molecule has 2 aliphatic carbocycles. The lowest BCUT2D eigenvalue weighted by atomic mass is 9.78. The van der Waals surface area contributed by atoms with Crippen LogP contribution >= 0.6 is 0 Å². The molecule has 0 N–H and O–H groups in total. The lowest BCUT2D eigenvalue weighted by Crippen LogP contribution is -2.15. The van der Waals surface area contributed by atoms with Gasteiger partial charge in [-0.25, -0.2) is 0 Å². The van der Waals surface area contributed by atoms with Crippen LogP contribution in [-0.4, -0.2) is 0 Å². The molecule has 0 nitrogen and oxygen atoms in total. The van der Waals surface area contributed by atoms with Crippen molar-refractivity contribution in [1.29, 1.82) is 0 Å². The highest BCUT2D eigenvalue weighted by molar-refractivity contribution is 5.07. The van der Waals surface area contributed by atoms with Gasteiger partial charge in [-0.3, -0.25) is 0 Å². The fourth-order valence-electron chi connectivity index (χ4n) is 2.66. The van der Waals surface area contributed by atoms with Gasteiger partial charge in [0.2, 0.25) is 0 Å². The van der Waals surface area contributed by atoms with E-state index in [0.29, 0.717) is 0 Å². The highest BCUT2D eigenvalue weighted by atomic mass is 14.6. The zero-order chi connectivity index (χ0) is 7.90. The molecule has 2 unspecified atom stereocenters. The summed E-state index contributed by atoms with van der Waals surface area (Å²) in [4.78, 5) is 0. The quantitative estimate of drug-likeness (QED) is 0.579. The van der Waals surface area contributed by atoms with Crippen LogP contribution in [0.2, 0.25) is 0 Å². The summed E-state index contributed by atoms with van der Waals surface area (Å²) >= 11 is 0. The average Bonchev–Trinajstić information content (AvgIpc) is 2.62. The van der Waals surface area contributed by atoms with Crippen LogP contribution in [0.1, 0.15) is 52.4 Å². The van der Waals surface area contributed by atoms with E-state index in [9.17, 15) is 0 Å². The van der Waals surface area contributed by atoms with E-state index >= 15 is 0 Å². The summed E-state index contributed by atoms with van der Waals surface area (Å²) in [6.45, 7) is 4.73. The van der Waals surface area contributed by atoms with Crippen molar-refractivity contribution < 1.29 is 0 Å². The maximum atomic E-state index is 2.41. The largest absolute Gasteiger partial charge is 0.0651 e. The fraction of sp³-hybridized carbons (Fsp3) is 1.00. The first kappa shape index (κ1) is 7.64. The first-order valence-corrected chi connectivity index (χ1v) is 5.27. The van der Waals surface area contributed by atoms with E-state index < -0.39 is 0 Å². The van der Waals surface area contributed by atoms with Crippen LogP contribution in [0.25, 0.3) is 0 Å². The molecule has 0 amide bonds. The standard InChI is InChI=1S/C11H20/c1-3-9(2)7-10-8-11(10)5-4-6-11/h9-10H,3-8H2,1-2H3. The van der Waals surface area contributed by atoms with Gasteiger partial charge in [-0.05, 0) is 42.9 Å². The number of rotatable bonds is 3. The van der Waals surface area contributed by atoms with Gasteiger partial charge in [0, 0.05) is 0 Å². The highest BCUT2D eigenvalue weighted by Crippen LogP contribution is 2.67. The lowest BCUT2D eigenvalue weighted by molar-refractivity contribution is 0.243. The van der Waals surface area contributed by atoms with E-state index in [0.717, 1.165) is 17.3 Å². The summed E-state index contributed by atoms with van der Waals surface area (Å²) in [6, 6.07) is 0. The molecule has 0 heterocycles. The Hall–Kier alpha value is 0. The third kappa shape index (κ3) is 1.21. The molecular formula is C11H20. The molecule has 0 aromatic carbocycles. The molecule has 0 aromatic rings. The van der Waals surface area contributed by atoms with Gasteiger partial charge in [0.1, 0.15) is 0 Å².